The zero-order chi connectivity index (χ0) is 20.6. The summed E-state index contributed by atoms with van der Waals surface area (Å²) in [5.74, 6) is -2.74. The van der Waals surface area contributed by atoms with Crippen molar-refractivity contribution in [2.75, 3.05) is 0 Å². The van der Waals surface area contributed by atoms with Crippen molar-refractivity contribution in [3.05, 3.63) is 35.4 Å². The minimum atomic E-state index is -4.80. The van der Waals surface area contributed by atoms with Crippen LogP contribution in [0.5, 0.6) is 23.0 Å². The van der Waals surface area contributed by atoms with E-state index in [1.54, 1.807) is 0 Å². The Kier molecular flexibility index (Phi) is 5.53. The number of hydrogen-bond acceptors (Lipinski definition) is 9. The highest BCUT2D eigenvalue weighted by molar-refractivity contribution is 7.86. The SMILES string of the molecule is O=S(=O)(O)c1cc(O)cc(CNCc2cc(O)cc(S(=O)(=O)O)c2O)c1O. The first-order valence-corrected chi connectivity index (χ1v) is 9.94. The molecule has 11 nitrogen and oxygen atoms in total. The molecule has 0 unspecified atom stereocenters. The zero-order valence-corrected chi connectivity index (χ0v) is 15.0. The van der Waals surface area contributed by atoms with E-state index in [1.807, 2.05) is 0 Å². The molecule has 0 radical (unpaired) electrons. The topological polar surface area (TPSA) is 202 Å². The van der Waals surface area contributed by atoms with Gasteiger partial charge in [-0.25, -0.2) is 0 Å². The Bertz CT molecular complexity index is 1010. The maximum atomic E-state index is 11.2. The number of hydrogen-bond donors (Lipinski definition) is 7. The van der Waals surface area contributed by atoms with E-state index in [4.69, 9.17) is 9.11 Å². The molecule has 0 heterocycles. The second kappa shape index (κ2) is 7.21. The molecule has 2 aromatic rings. The van der Waals surface area contributed by atoms with Crippen molar-refractivity contribution in [3.63, 3.8) is 0 Å². The first-order chi connectivity index (χ1) is 12.3. The Hall–Kier alpha value is -2.58. The quantitative estimate of drug-likeness (QED) is 0.249. The standard InChI is InChI=1S/C14H15NO10S2/c16-9-1-7(13(18)11(3-9)26(20,21)22)5-15-6-8-2-10(17)4-12(14(8)19)27(23,24)25/h1-4,15-19H,5-6H2,(H,20,21,22)(H,23,24,25). The lowest BCUT2D eigenvalue weighted by molar-refractivity contribution is 0.421. The molecule has 0 amide bonds. The Morgan fingerprint density at radius 2 is 1.00 bits per heavy atom. The van der Waals surface area contributed by atoms with Gasteiger partial charge in [-0.3, -0.25) is 9.11 Å². The van der Waals surface area contributed by atoms with Gasteiger partial charge in [0, 0.05) is 36.3 Å². The summed E-state index contributed by atoms with van der Waals surface area (Å²) in [6.45, 7) is -0.557. The lowest BCUT2D eigenvalue weighted by Crippen LogP contribution is -2.14. The first-order valence-electron chi connectivity index (χ1n) is 7.06. The molecule has 2 aromatic carbocycles. The Labute approximate surface area is 153 Å². The molecular weight excluding hydrogens is 406 g/mol. The highest BCUT2D eigenvalue weighted by Gasteiger charge is 2.21. The van der Waals surface area contributed by atoms with Gasteiger partial charge in [-0.05, 0) is 12.1 Å². The van der Waals surface area contributed by atoms with E-state index in [-0.39, 0.29) is 24.2 Å². The van der Waals surface area contributed by atoms with Gasteiger partial charge >= 0.3 is 0 Å². The fraction of sp³-hybridized carbons (Fsp3) is 0.143. The molecule has 0 saturated carbocycles. The van der Waals surface area contributed by atoms with Crippen LogP contribution in [0.25, 0.3) is 0 Å². The summed E-state index contributed by atoms with van der Waals surface area (Å²) < 4.78 is 62.8. The van der Waals surface area contributed by atoms with E-state index in [2.05, 4.69) is 5.32 Å². The monoisotopic (exact) mass is 421 g/mol. The summed E-state index contributed by atoms with van der Waals surface area (Å²) in [6.07, 6.45) is 0. The largest absolute Gasteiger partial charge is 0.508 e. The van der Waals surface area contributed by atoms with E-state index in [0.717, 1.165) is 12.1 Å². The Morgan fingerprint density at radius 3 is 1.30 bits per heavy atom. The average Bonchev–Trinajstić information content (AvgIpc) is 2.51. The maximum Gasteiger partial charge on any atom is 0.298 e. The number of rotatable bonds is 6. The van der Waals surface area contributed by atoms with Gasteiger partial charge in [0.2, 0.25) is 0 Å². The van der Waals surface area contributed by atoms with E-state index in [1.165, 1.54) is 0 Å². The van der Waals surface area contributed by atoms with E-state index >= 15 is 0 Å². The molecule has 2 rings (SSSR count). The lowest BCUT2D eigenvalue weighted by atomic mass is 10.1. The van der Waals surface area contributed by atoms with Crippen LogP contribution in [0.3, 0.4) is 0 Å². The smallest absolute Gasteiger partial charge is 0.298 e. The summed E-state index contributed by atoms with van der Waals surface area (Å²) in [4.78, 5) is -1.82. The minimum absolute atomic E-state index is 0.128. The number of phenols is 4. The highest BCUT2D eigenvalue weighted by Crippen LogP contribution is 2.33. The second-order valence-corrected chi connectivity index (χ2v) is 8.24. The van der Waals surface area contributed by atoms with Crippen LogP contribution in [0.15, 0.2) is 34.1 Å². The molecule has 0 aliphatic rings. The van der Waals surface area contributed by atoms with Gasteiger partial charge in [0.1, 0.15) is 32.8 Å². The van der Waals surface area contributed by atoms with Crippen molar-refractivity contribution in [3.8, 4) is 23.0 Å². The van der Waals surface area contributed by atoms with Crippen LogP contribution in [0, 0.1) is 0 Å². The molecule has 0 aromatic heterocycles. The molecule has 0 atom stereocenters. The predicted octanol–water partition coefficient (Wildman–Crippen LogP) is 0.292. The van der Waals surface area contributed by atoms with Gasteiger partial charge < -0.3 is 25.7 Å². The molecule has 0 spiro atoms. The van der Waals surface area contributed by atoms with Crippen LogP contribution in [-0.4, -0.2) is 46.4 Å². The third-order valence-electron chi connectivity index (χ3n) is 3.46. The minimum Gasteiger partial charge on any atom is -0.508 e. The van der Waals surface area contributed by atoms with Gasteiger partial charge in [-0.15, -0.1) is 0 Å². The van der Waals surface area contributed by atoms with E-state index in [9.17, 15) is 37.3 Å². The molecule has 0 aliphatic carbocycles. The first kappa shape index (κ1) is 20.7. The van der Waals surface area contributed by atoms with Gasteiger partial charge in [0.05, 0.1) is 0 Å². The summed E-state index contributed by atoms with van der Waals surface area (Å²) in [7, 11) is -9.59. The van der Waals surface area contributed by atoms with Crippen LogP contribution in [-0.2, 0) is 33.3 Å². The molecule has 0 aliphatic heterocycles. The molecule has 7 N–H and O–H groups in total. The molecule has 0 saturated heterocycles. The summed E-state index contributed by atoms with van der Waals surface area (Å²) in [5, 5.41) is 41.5. The summed E-state index contributed by atoms with van der Waals surface area (Å²) in [5.41, 5.74) is -0.255. The summed E-state index contributed by atoms with van der Waals surface area (Å²) >= 11 is 0. The Morgan fingerprint density at radius 1 is 0.667 bits per heavy atom. The van der Waals surface area contributed by atoms with Crippen molar-refractivity contribution in [2.45, 2.75) is 22.9 Å². The fourth-order valence-electron chi connectivity index (χ4n) is 2.29. The molecule has 27 heavy (non-hydrogen) atoms. The van der Waals surface area contributed by atoms with E-state index in [0.29, 0.717) is 12.1 Å². The lowest BCUT2D eigenvalue weighted by Gasteiger charge is -2.12. The van der Waals surface area contributed by atoms with Crippen LogP contribution in [0.4, 0.5) is 0 Å². The van der Waals surface area contributed by atoms with Crippen LogP contribution in [0.1, 0.15) is 11.1 Å². The third-order valence-corrected chi connectivity index (χ3v) is 5.20. The number of benzene rings is 2. The van der Waals surface area contributed by atoms with Gasteiger partial charge in [-0.1, -0.05) is 0 Å². The Balaban J connectivity index is 2.28. The number of nitrogens with one attached hydrogen (secondary N) is 1. The van der Waals surface area contributed by atoms with Crippen molar-refractivity contribution in [2.24, 2.45) is 0 Å². The number of aromatic hydroxyl groups is 4. The molecule has 13 heteroatoms. The van der Waals surface area contributed by atoms with Crippen molar-refractivity contribution < 1.29 is 46.4 Å². The van der Waals surface area contributed by atoms with Crippen molar-refractivity contribution in [1.82, 2.24) is 5.32 Å². The van der Waals surface area contributed by atoms with Gasteiger partial charge in [0.25, 0.3) is 20.2 Å². The predicted molar refractivity (Wildman–Crippen MR) is 89.7 cm³/mol. The summed E-state index contributed by atoms with van der Waals surface area (Å²) in [6, 6.07) is 3.33. The van der Waals surface area contributed by atoms with Gasteiger partial charge in [0.15, 0.2) is 0 Å². The van der Waals surface area contributed by atoms with E-state index < -0.39 is 53.0 Å². The zero-order valence-electron chi connectivity index (χ0n) is 13.4. The number of phenolic OH excluding ortho intramolecular Hbond substituents is 4. The molecule has 0 bridgehead atoms. The molecule has 0 fully saturated rings. The van der Waals surface area contributed by atoms with Gasteiger partial charge in [-0.2, -0.15) is 16.8 Å². The second-order valence-electron chi connectivity index (χ2n) is 5.46. The average molecular weight is 421 g/mol. The van der Waals surface area contributed by atoms with Crippen LogP contribution < -0.4 is 5.32 Å². The fourth-order valence-corrected chi connectivity index (χ4v) is 3.58. The van der Waals surface area contributed by atoms with Crippen LogP contribution >= 0.6 is 0 Å². The molecule has 148 valence electrons. The molecular formula is C14H15NO10S2. The third kappa shape index (κ3) is 4.78. The van der Waals surface area contributed by atoms with Crippen molar-refractivity contribution >= 4 is 20.2 Å². The maximum absolute atomic E-state index is 11.2. The normalized spacial score (nSPS) is 12.2. The highest BCUT2D eigenvalue weighted by atomic mass is 32.2. The van der Waals surface area contributed by atoms with Crippen molar-refractivity contribution in [1.29, 1.82) is 0 Å². The van der Waals surface area contributed by atoms with Crippen LogP contribution in [0.2, 0.25) is 0 Å².